The highest BCUT2D eigenvalue weighted by atomic mass is 79.9. The molecule has 0 fully saturated rings. The van der Waals surface area contributed by atoms with Gasteiger partial charge in [0.2, 0.25) is 0 Å². The van der Waals surface area contributed by atoms with Gasteiger partial charge in [0.15, 0.2) is 5.78 Å². The molecule has 3 aromatic rings. The SMILES string of the molecule is O=C1c2c(n(C(=O)c3ccccc3)c3ccccc23)CCC1Br. The number of carbonyl (C=O) groups is 2. The monoisotopic (exact) mass is 367 g/mol. The van der Waals surface area contributed by atoms with Gasteiger partial charge in [-0.25, -0.2) is 0 Å². The molecular formula is C19H14BrNO2. The first-order valence-electron chi connectivity index (χ1n) is 7.59. The largest absolute Gasteiger partial charge is 0.293 e. The molecular weight excluding hydrogens is 354 g/mol. The summed E-state index contributed by atoms with van der Waals surface area (Å²) in [5, 5.41) is 0.862. The smallest absolute Gasteiger partial charge is 0.262 e. The highest BCUT2D eigenvalue weighted by Crippen LogP contribution is 2.34. The van der Waals surface area contributed by atoms with Crippen molar-refractivity contribution in [2.24, 2.45) is 0 Å². The van der Waals surface area contributed by atoms with Crippen LogP contribution in [0, 0.1) is 0 Å². The Labute approximate surface area is 142 Å². The minimum absolute atomic E-state index is 0.0714. The van der Waals surface area contributed by atoms with Gasteiger partial charge in [0.25, 0.3) is 5.91 Å². The van der Waals surface area contributed by atoms with Crippen LogP contribution in [-0.4, -0.2) is 21.1 Å². The summed E-state index contributed by atoms with van der Waals surface area (Å²) in [5.41, 5.74) is 2.96. The molecule has 114 valence electrons. The van der Waals surface area contributed by atoms with Gasteiger partial charge >= 0.3 is 0 Å². The molecule has 0 aliphatic heterocycles. The first-order chi connectivity index (χ1) is 11.2. The molecule has 4 heteroatoms. The zero-order valence-electron chi connectivity index (χ0n) is 12.3. The molecule has 2 aromatic carbocycles. The van der Waals surface area contributed by atoms with Crippen LogP contribution in [0.1, 0.15) is 32.8 Å². The van der Waals surface area contributed by atoms with Gasteiger partial charge in [-0.3, -0.25) is 14.2 Å². The molecule has 0 saturated carbocycles. The molecule has 1 aromatic heterocycles. The first-order valence-corrected chi connectivity index (χ1v) is 8.50. The van der Waals surface area contributed by atoms with Crippen LogP contribution < -0.4 is 0 Å². The lowest BCUT2D eigenvalue weighted by atomic mass is 9.94. The lowest BCUT2D eigenvalue weighted by Crippen LogP contribution is -2.25. The summed E-state index contributed by atoms with van der Waals surface area (Å²) < 4.78 is 1.72. The molecule has 1 atom stereocenters. The molecule has 0 saturated heterocycles. The van der Waals surface area contributed by atoms with Crippen molar-refractivity contribution in [1.29, 1.82) is 0 Å². The van der Waals surface area contributed by atoms with E-state index in [-0.39, 0.29) is 16.5 Å². The Kier molecular flexibility index (Phi) is 3.42. The van der Waals surface area contributed by atoms with E-state index in [0.717, 1.165) is 16.6 Å². The Balaban J connectivity index is 2.01. The van der Waals surface area contributed by atoms with Gasteiger partial charge < -0.3 is 0 Å². The van der Waals surface area contributed by atoms with Gasteiger partial charge in [-0.15, -0.1) is 0 Å². The van der Waals surface area contributed by atoms with Gasteiger partial charge in [-0.1, -0.05) is 52.3 Å². The fourth-order valence-corrected chi connectivity index (χ4v) is 3.76. The highest BCUT2D eigenvalue weighted by Gasteiger charge is 2.32. The zero-order valence-corrected chi connectivity index (χ0v) is 13.9. The van der Waals surface area contributed by atoms with Crippen molar-refractivity contribution in [3.05, 3.63) is 71.4 Å². The maximum Gasteiger partial charge on any atom is 0.262 e. The Morgan fingerprint density at radius 2 is 1.74 bits per heavy atom. The molecule has 4 rings (SSSR count). The van der Waals surface area contributed by atoms with Crippen LogP contribution in [0.25, 0.3) is 10.9 Å². The Morgan fingerprint density at radius 3 is 2.52 bits per heavy atom. The minimum Gasteiger partial charge on any atom is -0.293 e. The number of hydrogen-bond acceptors (Lipinski definition) is 2. The van der Waals surface area contributed by atoms with Crippen LogP contribution in [0.2, 0.25) is 0 Å². The van der Waals surface area contributed by atoms with Gasteiger partial charge in [0.05, 0.1) is 10.3 Å². The Morgan fingerprint density at radius 1 is 1.04 bits per heavy atom. The average molecular weight is 368 g/mol. The third-order valence-electron chi connectivity index (χ3n) is 4.36. The van der Waals surface area contributed by atoms with Crippen LogP contribution in [0.4, 0.5) is 0 Å². The van der Waals surface area contributed by atoms with Crippen molar-refractivity contribution in [1.82, 2.24) is 4.57 Å². The predicted octanol–water partition coefficient (Wildman–Crippen LogP) is 4.22. The second kappa shape index (κ2) is 5.46. The molecule has 1 aliphatic carbocycles. The minimum atomic E-state index is -0.166. The van der Waals surface area contributed by atoms with E-state index in [4.69, 9.17) is 0 Å². The van der Waals surface area contributed by atoms with Crippen LogP contribution in [-0.2, 0) is 6.42 Å². The standard InChI is InChI=1S/C19H14BrNO2/c20-14-10-11-16-17(18(14)22)13-8-4-5-9-15(13)21(16)19(23)12-6-2-1-3-7-12/h1-9,14H,10-11H2. The fourth-order valence-electron chi connectivity index (χ4n) is 3.30. The quantitative estimate of drug-likeness (QED) is 0.604. The lowest BCUT2D eigenvalue weighted by molar-refractivity contribution is 0.0959. The first kappa shape index (κ1) is 14.4. The third-order valence-corrected chi connectivity index (χ3v) is 5.24. The van der Waals surface area contributed by atoms with Crippen molar-refractivity contribution in [2.75, 3.05) is 0 Å². The Hall–Kier alpha value is -2.20. The molecule has 1 aliphatic rings. The number of nitrogens with zero attached hydrogens (tertiary/aromatic N) is 1. The van der Waals surface area contributed by atoms with E-state index >= 15 is 0 Å². The van der Waals surface area contributed by atoms with E-state index in [1.165, 1.54) is 0 Å². The highest BCUT2D eigenvalue weighted by molar-refractivity contribution is 9.10. The van der Waals surface area contributed by atoms with Crippen molar-refractivity contribution in [3.8, 4) is 0 Å². The molecule has 0 amide bonds. The van der Waals surface area contributed by atoms with Gasteiger partial charge in [0.1, 0.15) is 0 Å². The number of rotatable bonds is 1. The second-order valence-electron chi connectivity index (χ2n) is 5.72. The van der Waals surface area contributed by atoms with Crippen molar-refractivity contribution in [2.45, 2.75) is 17.7 Å². The van der Waals surface area contributed by atoms with E-state index in [1.807, 2.05) is 42.5 Å². The number of Topliss-reactive ketones (excluding diaryl/α,β-unsaturated/α-hetero) is 1. The van der Waals surface area contributed by atoms with Crippen molar-refractivity contribution >= 4 is 38.5 Å². The molecule has 0 N–H and O–H groups in total. The van der Waals surface area contributed by atoms with Crippen molar-refractivity contribution in [3.63, 3.8) is 0 Å². The molecule has 3 nitrogen and oxygen atoms in total. The molecule has 0 spiro atoms. The number of fused-ring (bicyclic) bond motifs is 3. The average Bonchev–Trinajstić information content (AvgIpc) is 2.93. The van der Waals surface area contributed by atoms with Gasteiger partial charge in [-0.2, -0.15) is 0 Å². The van der Waals surface area contributed by atoms with E-state index < -0.39 is 0 Å². The van der Waals surface area contributed by atoms with E-state index in [1.54, 1.807) is 16.7 Å². The summed E-state index contributed by atoms with van der Waals surface area (Å²) in [6, 6.07) is 16.8. The molecule has 0 bridgehead atoms. The van der Waals surface area contributed by atoms with Crippen molar-refractivity contribution < 1.29 is 9.59 Å². The number of para-hydroxylation sites is 1. The number of carbonyl (C=O) groups excluding carboxylic acids is 2. The Bertz CT molecular complexity index is 927. The maximum absolute atomic E-state index is 13.0. The number of alkyl halides is 1. The summed E-state index contributed by atoms with van der Waals surface area (Å²) >= 11 is 3.46. The third kappa shape index (κ3) is 2.17. The molecule has 1 unspecified atom stereocenters. The second-order valence-corrected chi connectivity index (χ2v) is 6.82. The molecule has 0 radical (unpaired) electrons. The van der Waals surface area contributed by atoms with Gasteiger partial charge in [-0.05, 0) is 31.0 Å². The maximum atomic E-state index is 13.0. The zero-order chi connectivity index (χ0) is 16.0. The summed E-state index contributed by atoms with van der Waals surface area (Å²) in [6.07, 6.45) is 1.43. The summed E-state index contributed by atoms with van der Waals surface area (Å²) in [6.45, 7) is 0. The normalized spacial score (nSPS) is 17.3. The van der Waals surface area contributed by atoms with E-state index in [9.17, 15) is 9.59 Å². The fraction of sp³-hybridized carbons (Fsp3) is 0.158. The summed E-state index contributed by atoms with van der Waals surface area (Å²) in [5.74, 6) is -0.00839. The number of aromatic nitrogens is 1. The van der Waals surface area contributed by atoms with Gasteiger partial charge in [0, 0.05) is 22.2 Å². The molecule has 1 heterocycles. The van der Waals surface area contributed by atoms with Crippen LogP contribution in [0.3, 0.4) is 0 Å². The molecule has 23 heavy (non-hydrogen) atoms. The topological polar surface area (TPSA) is 39.1 Å². The number of hydrogen-bond donors (Lipinski definition) is 0. The van der Waals surface area contributed by atoms with Crippen LogP contribution >= 0.6 is 15.9 Å². The van der Waals surface area contributed by atoms with Crippen LogP contribution in [0.5, 0.6) is 0 Å². The van der Waals surface area contributed by atoms with Crippen LogP contribution in [0.15, 0.2) is 54.6 Å². The number of ketones is 1. The van der Waals surface area contributed by atoms with E-state index in [0.29, 0.717) is 24.0 Å². The number of halogens is 1. The summed E-state index contributed by atoms with van der Waals surface area (Å²) in [7, 11) is 0. The number of benzene rings is 2. The van der Waals surface area contributed by atoms with E-state index in [2.05, 4.69) is 15.9 Å². The lowest BCUT2D eigenvalue weighted by Gasteiger charge is -2.18. The predicted molar refractivity (Wildman–Crippen MR) is 93.5 cm³/mol. The summed E-state index contributed by atoms with van der Waals surface area (Å²) in [4.78, 5) is 25.5.